The van der Waals surface area contributed by atoms with Gasteiger partial charge in [0, 0.05) is 12.6 Å². The summed E-state index contributed by atoms with van der Waals surface area (Å²) >= 11 is 0. The van der Waals surface area contributed by atoms with Gasteiger partial charge in [0.05, 0.1) is 20.5 Å². The number of carbonyl (C=O) groups excluding carboxylic acids is 1. The molecule has 4 rings (SSSR count). The average molecular weight is 379 g/mol. The van der Waals surface area contributed by atoms with Crippen molar-refractivity contribution in [1.82, 2.24) is 19.6 Å². The van der Waals surface area contributed by atoms with E-state index in [1.54, 1.807) is 38.7 Å². The van der Waals surface area contributed by atoms with Crippen molar-refractivity contribution in [2.45, 2.75) is 6.54 Å². The Balaban J connectivity index is 1.67. The average Bonchev–Trinajstić information content (AvgIpc) is 3.41. The number of nitrogens with one attached hydrogen (secondary N) is 1. The molecule has 0 saturated carbocycles. The lowest BCUT2D eigenvalue weighted by molar-refractivity contribution is 0.111. The van der Waals surface area contributed by atoms with Crippen LogP contribution in [0.15, 0.2) is 47.1 Å². The van der Waals surface area contributed by atoms with Gasteiger partial charge in [-0.15, -0.1) is 5.10 Å². The summed E-state index contributed by atoms with van der Waals surface area (Å²) in [6.07, 6.45) is 2.22. The number of methoxy groups -OCH3 is 2. The van der Waals surface area contributed by atoms with Gasteiger partial charge < -0.3 is 19.2 Å². The van der Waals surface area contributed by atoms with E-state index in [0.717, 1.165) is 5.56 Å². The van der Waals surface area contributed by atoms with E-state index < -0.39 is 0 Å². The minimum absolute atomic E-state index is 0.251. The fraction of sp³-hybridized carbons (Fsp3) is 0.158. The van der Waals surface area contributed by atoms with E-state index >= 15 is 0 Å². The van der Waals surface area contributed by atoms with Gasteiger partial charge in [-0.2, -0.15) is 4.52 Å². The van der Waals surface area contributed by atoms with Crippen molar-refractivity contribution in [1.29, 1.82) is 0 Å². The minimum Gasteiger partial charge on any atom is -0.493 e. The molecule has 0 saturated heterocycles. The summed E-state index contributed by atoms with van der Waals surface area (Å²) in [6.45, 7) is 0.431. The fourth-order valence-corrected chi connectivity index (χ4v) is 2.76. The first-order valence-corrected chi connectivity index (χ1v) is 8.43. The lowest BCUT2D eigenvalue weighted by Crippen LogP contribution is -2.09. The third kappa shape index (κ3) is 3.25. The Labute approximate surface area is 159 Å². The summed E-state index contributed by atoms with van der Waals surface area (Å²) < 4.78 is 17.5. The second-order valence-corrected chi connectivity index (χ2v) is 5.85. The van der Waals surface area contributed by atoms with E-state index in [0.29, 0.717) is 47.5 Å². The molecule has 3 heterocycles. The molecule has 0 aliphatic heterocycles. The molecule has 1 aromatic carbocycles. The maximum atomic E-state index is 11.3. The number of nitrogens with zero attached hydrogens (tertiary/aromatic N) is 4. The molecule has 0 aliphatic rings. The highest BCUT2D eigenvalue weighted by Gasteiger charge is 2.14. The molecule has 3 aromatic heterocycles. The molecule has 0 unspecified atom stereocenters. The van der Waals surface area contributed by atoms with Crippen molar-refractivity contribution < 1.29 is 18.7 Å². The van der Waals surface area contributed by atoms with Crippen LogP contribution in [0.1, 0.15) is 16.1 Å². The molecule has 0 amide bonds. The molecule has 0 bridgehead atoms. The minimum atomic E-state index is 0.251. The van der Waals surface area contributed by atoms with E-state index in [2.05, 4.69) is 20.4 Å². The smallest absolute Gasteiger partial charge is 0.226 e. The van der Waals surface area contributed by atoms with E-state index in [9.17, 15) is 4.79 Å². The van der Waals surface area contributed by atoms with Gasteiger partial charge in [0.25, 0.3) is 0 Å². The third-order valence-electron chi connectivity index (χ3n) is 4.11. The summed E-state index contributed by atoms with van der Waals surface area (Å²) in [5, 5.41) is 7.62. The van der Waals surface area contributed by atoms with Crippen LogP contribution in [-0.2, 0) is 6.54 Å². The number of ether oxygens (including phenoxy) is 2. The Kier molecular flexibility index (Phi) is 4.63. The summed E-state index contributed by atoms with van der Waals surface area (Å²) in [5.74, 6) is 2.60. The third-order valence-corrected chi connectivity index (χ3v) is 4.11. The van der Waals surface area contributed by atoms with Gasteiger partial charge in [-0.25, -0.2) is 9.97 Å². The lowest BCUT2D eigenvalue weighted by Gasteiger charge is -2.11. The van der Waals surface area contributed by atoms with Gasteiger partial charge in [-0.1, -0.05) is 6.07 Å². The number of carbonyl (C=O) groups is 1. The number of furan rings is 1. The number of anilines is 1. The summed E-state index contributed by atoms with van der Waals surface area (Å²) in [5.41, 5.74) is 1.68. The van der Waals surface area contributed by atoms with Crippen molar-refractivity contribution in [2.75, 3.05) is 19.5 Å². The van der Waals surface area contributed by atoms with Crippen molar-refractivity contribution in [3.8, 4) is 23.1 Å². The molecule has 9 nitrogen and oxygen atoms in total. The molecule has 0 radical (unpaired) electrons. The van der Waals surface area contributed by atoms with E-state index in [-0.39, 0.29) is 5.69 Å². The predicted octanol–water partition coefficient (Wildman–Crippen LogP) is 2.83. The highest BCUT2D eigenvalue weighted by Crippen LogP contribution is 2.28. The Hall–Kier alpha value is -3.88. The summed E-state index contributed by atoms with van der Waals surface area (Å²) in [6, 6.07) is 10.7. The number of hydrogen-bond acceptors (Lipinski definition) is 8. The number of rotatable bonds is 7. The zero-order valence-electron chi connectivity index (χ0n) is 15.2. The highest BCUT2D eigenvalue weighted by atomic mass is 16.5. The maximum absolute atomic E-state index is 11.3. The van der Waals surface area contributed by atoms with Crippen LogP contribution in [0, 0.1) is 0 Å². The van der Waals surface area contributed by atoms with Crippen LogP contribution in [0.2, 0.25) is 0 Å². The molecule has 0 spiro atoms. The standard InChI is InChI=1S/C19H17N5O4/c1-26-14-6-5-12(8-16(14)27-2)10-20-19-21-13(11-25)9-17-22-18(23-24(17)19)15-4-3-7-28-15/h3-9,11H,10H2,1-2H3,(H,20,21). The monoisotopic (exact) mass is 379 g/mol. The van der Waals surface area contributed by atoms with E-state index in [1.165, 1.54) is 4.52 Å². The van der Waals surface area contributed by atoms with Gasteiger partial charge >= 0.3 is 0 Å². The van der Waals surface area contributed by atoms with Gasteiger partial charge in [0.2, 0.25) is 11.8 Å². The van der Waals surface area contributed by atoms with Gasteiger partial charge in [0.1, 0.15) is 5.69 Å². The second-order valence-electron chi connectivity index (χ2n) is 5.85. The van der Waals surface area contributed by atoms with Crippen molar-refractivity contribution >= 4 is 17.9 Å². The van der Waals surface area contributed by atoms with Crippen molar-refractivity contribution in [2.24, 2.45) is 0 Å². The van der Waals surface area contributed by atoms with Crippen molar-refractivity contribution in [3.63, 3.8) is 0 Å². The summed E-state index contributed by atoms with van der Waals surface area (Å²) in [4.78, 5) is 20.0. The van der Waals surface area contributed by atoms with Crippen molar-refractivity contribution in [3.05, 3.63) is 53.9 Å². The number of hydrogen-bond donors (Lipinski definition) is 1. The predicted molar refractivity (Wildman–Crippen MR) is 101 cm³/mol. The zero-order valence-corrected chi connectivity index (χ0v) is 15.2. The topological polar surface area (TPSA) is 104 Å². The largest absolute Gasteiger partial charge is 0.493 e. The molecular formula is C19H17N5O4. The Bertz CT molecular complexity index is 1120. The van der Waals surface area contributed by atoms with E-state index in [1.807, 2.05) is 18.2 Å². The Morgan fingerprint density at radius 2 is 2.00 bits per heavy atom. The Morgan fingerprint density at radius 3 is 2.71 bits per heavy atom. The first-order chi connectivity index (χ1) is 13.7. The van der Waals surface area contributed by atoms with E-state index in [4.69, 9.17) is 13.9 Å². The van der Waals surface area contributed by atoms with Crippen LogP contribution in [0.4, 0.5) is 5.95 Å². The molecular weight excluding hydrogens is 362 g/mol. The zero-order chi connectivity index (χ0) is 19.5. The second kappa shape index (κ2) is 7.39. The normalized spacial score (nSPS) is 10.8. The fourth-order valence-electron chi connectivity index (χ4n) is 2.76. The van der Waals surface area contributed by atoms with Crippen LogP contribution in [-0.4, -0.2) is 40.1 Å². The number of aldehydes is 1. The SMILES string of the molecule is COc1ccc(CNc2nc(C=O)cc3nc(-c4ccco4)nn23)cc1OC. The molecule has 1 N–H and O–H groups in total. The molecule has 28 heavy (non-hydrogen) atoms. The van der Waals surface area contributed by atoms with Crippen LogP contribution in [0.25, 0.3) is 17.2 Å². The van der Waals surface area contributed by atoms with Gasteiger partial charge in [-0.05, 0) is 29.8 Å². The maximum Gasteiger partial charge on any atom is 0.226 e. The first kappa shape index (κ1) is 17.5. The lowest BCUT2D eigenvalue weighted by atomic mass is 10.2. The van der Waals surface area contributed by atoms with Gasteiger partial charge in [-0.3, -0.25) is 4.79 Å². The van der Waals surface area contributed by atoms with Crippen LogP contribution >= 0.6 is 0 Å². The molecule has 4 aromatic rings. The summed E-state index contributed by atoms with van der Waals surface area (Å²) in [7, 11) is 3.17. The number of benzene rings is 1. The van der Waals surface area contributed by atoms with Crippen LogP contribution in [0.5, 0.6) is 11.5 Å². The quantitative estimate of drug-likeness (QED) is 0.489. The molecule has 9 heteroatoms. The number of fused-ring (bicyclic) bond motifs is 1. The van der Waals surface area contributed by atoms with Crippen LogP contribution < -0.4 is 14.8 Å². The molecule has 0 fully saturated rings. The highest BCUT2D eigenvalue weighted by molar-refractivity contribution is 5.75. The Morgan fingerprint density at radius 1 is 1.14 bits per heavy atom. The first-order valence-electron chi connectivity index (χ1n) is 8.43. The molecule has 0 aliphatic carbocycles. The number of aromatic nitrogens is 4. The van der Waals surface area contributed by atoms with Crippen LogP contribution in [0.3, 0.4) is 0 Å². The molecule has 142 valence electrons. The molecule has 0 atom stereocenters. The van der Waals surface area contributed by atoms with Gasteiger partial charge in [0.15, 0.2) is 29.2 Å².